The maximum atomic E-state index is 14.7. The molecule has 44 heavy (non-hydrogen) atoms. The minimum absolute atomic E-state index is 0.0348. The topological polar surface area (TPSA) is 161 Å². The van der Waals surface area contributed by atoms with Gasteiger partial charge in [0.05, 0.1) is 40.5 Å². The summed E-state index contributed by atoms with van der Waals surface area (Å²) >= 11 is 0. The van der Waals surface area contributed by atoms with Gasteiger partial charge in [-0.3, -0.25) is 19.4 Å². The van der Waals surface area contributed by atoms with Gasteiger partial charge in [0.2, 0.25) is 0 Å². The third kappa shape index (κ3) is 4.22. The van der Waals surface area contributed by atoms with Crippen molar-refractivity contribution in [1.82, 2.24) is 9.80 Å². The van der Waals surface area contributed by atoms with E-state index in [1.807, 2.05) is 13.0 Å². The van der Waals surface area contributed by atoms with E-state index in [0.717, 1.165) is 31.7 Å². The Morgan fingerprint density at radius 1 is 1.18 bits per heavy atom. The van der Waals surface area contributed by atoms with Gasteiger partial charge in [0.15, 0.2) is 5.78 Å². The number of carbonyl (C=O) groups is 2. The zero-order valence-electron chi connectivity index (χ0n) is 25.4. The molecule has 2 aromatic rings. The number of amides is 1. The number of likely N-dealkylation sites (tertiary alicyclic amines) is 1. The van der Waals surface area contributed by atoms with E-state index in [9.17, 15) is 30.0 Å². The Kier molecular flexibility index (Phi) is 7.56. The van der Waals surface area contributed by atoms with E-state index in [-0.39, 0.29) is 33.8 Å². The number of aliphatic hydroxyl groups is 3. The molecule has 7 atom stereocenters. The van der Waals surface area contributed by atoms with Gasteiger partial charge in [0, 0.05) is 17.4 Å². The Balaban J connectivity index is 1.50. The summed E-state index contributed by atoms with van der Waals surface area (Å²) in [6.07, 6.45) is 2.62. The van der Waals surface area contributed by atoms with E-state index in [1.54, 1.807) is 44.1 Å². The molecule has 2 fully saturated rings. The zero-order valence-corrected chi connectivity index (χ0v) is 26.5. The molecule has 11 heteroatoms. The maximum absolute atomic E-state index is 14.7. The van der Waals surface area contributed by atoms with E-state index in [1.165, 1.54) is 6.08 Å². The number of Topliss-reactive ketones (excluding diaryl/α,β-unsaturated/α-hetero) is 1. The van der Waals surface area contributed by atoms with Crippen LogP contribution in [0.5, 0.6) is 5.75 Å². The van der Waals surface area contributed by atoms with Gasteiger partial charge in [-0.1, -0.05) is 19.1 Å². The second-order valence-corrected chi connectivity index (χ2v) is 13.6. The highest BCUT2D eigenvalue weighted by Gasteiger charge is 2.65. The number of allylic oxidation sites excluding steroid dienone is 1. The van der Waals surface area contributed by atoms with Crippen LogP contribution in [0.3, 0.4) is 0 Å². The molecule has 1 saturated heterocycles. The fourth-order valence-electron chi connectivity index (χ4n) is 8.14. The first kappa shape index (κ1) is 30.6. The first-order valence-corrected chi connectivity index (χ1v) is 15.6. The summed E-state index contributed by atoms with van der Waals surface area (Å²) in [5, 5.41) is 45.3. The summed E-state index contributed by atoms with van der Waals surface area (Å²) in [4.78, 5) is 31.3. The third-order valence-corrected chi connectivity index (χ3v) is 11.1. The summed E-state index contributed by atoms with van der Waals surface area (Å²) in [5.41, 5.74) is 6.73. The van der Waals surface area contributed by atoms with Crippen molar-refractivity contribution in [2.45, 2.75) is 56.5 Å². The minimum Gasteiger partial charge on any atom is -0.510 e. The van der Waals surface area contributed by atoms with E-state index in [4.69, 9.17) is 10.2 Å². The first-order chi connectivity index (χ1) is 20.8. The molecule has 6 N–H and O–H groups in total. The number of rotatable bonds is 5. The Morgan fingerprint density at radius 2 is 1.86 bits per heavy atom. The van der Waals surface area contributed by atoms with Gasteiger partial charge >= 0.3 is 0 Å². The first-order valence-electron chi connectivity index (χ1n) is 15.0. The number of fused-ring (bicyclic) bond motifs is 3. The highest BCUT2D eigenvalue weighted by Crippen LogP contribution is 2.61. The number of aromatic hydroxyl groups is 1. The van der Waals surface area contributed by atoms with Gasteiger partial charge in [0.1, 0.15) is 28.8 Å². The highest BCUT2D eigenvalue weighted by molar-refractivity contribution is 7.22. The zero-order chi connectivity index (χ0) is 31.8. The van der Waals surface area contributed by atoms with Crippen LogP contribution in [0.1, 0.15) is 49.5 Å². The normalized spacial score (nSPS) is 31.5. The summed E-state index contributed by atoms with van der Waals surface area (Å²) < 4.78 is 6.11. The summed E-state index contributed by atoms with van der Waals surface area (Å²) in [6, 6.07) is 6.27. The SMILES string of the molecule is CC=C1C(C(N)=O)=C(O)[C@@H](N(C)C)[C@@H]2[C@@H](O)[C@H]3C(=C(O)c4c(ccc(-c5ccc(CN6CCCC6)o5)c4O)[C@@H]3C)C(=O)[C@]12P. The van der Waals surface area contributed by atoms with Crippen LogP contribution in [0.4, 0.5) is 0 Å². The Labute approximate surface area is 258 Å². The minimum atomic E-state index is -1.60. The Bertz CT molecular complexity index is 1650. The number of aliphatic hydroxyl groups excluding tert-OH is 3. The fourth-order valence-corrected chi connectivity index (χ4v) is 8.99. The molecule has 3 aliphatic carbocycles. The predicted molar refractivity (Wildman–Crippen MR) is 169 cm³/mol. The van der Waals surface area contributed by atoms with Crippen molar-refractivity contribution < 1.29 is 34.4 Å². The van der Waals surface area contributed by atoms with E-state index >= 15 is 0 Å². The second-order valence-electron chi connectivity index (χ2n) is 12.7. The standard InChI is InChI=1S/C33H40N3O7P/c1-5-19-23(32(34)42)30(40)26(35(3)4)25-29(39)21-15(2)17-9-10-18(20-11-8-16(43-20)14-36-12-6-7-13-36)27(37)22(17)28(38)24(21)31(41)33(19,25)44/h5,8-11,15,21,25-26,29,37-40H,6-7,12-14,44H2,1-4H3,(H2,34,42)/t15-,21+,25+,26-,29-,33-/m0/s1. The number of phenolic OH excluding ortho intramolecular Hbond substituents is 1. The molecule has 6 rings (SSSR count). The van der Waals surface area contributed by atoms with E-state index in [2.05, 4.69) is 14.1 Å². The quantitative estimate of drug-likeness (QED) is 0.314. The number of hydrogen-bond donors (Lipinski definition) is 5. The number of likely N-dealkylation sites (N-methyl/N-ethyl adjacent to an activating group) is 1. The van der Waals surface area contributed by atoms with Gasteiger partial charge in [-0.15, -0.1) is 9.24 Å². The van der Waals surface area contributed by atoms with Crippen LogP contribution < -0.4 is 5.73 Å². The lowest BCUT2D eigenvalue weighted by Gasteiger charge is -2.56. The molecule has 0 spiro atoms. The summed E-state index contributed by atoms with van der Waals surface area (Å²) in [7, 11) is 5.89. The number of furan rings is 1. The van der Waals surface area contributed by atoms with Crippen LogP contribution in [-0.2, 0) is 16.1 Å². The van der Waals surface area contributed by atoms with Crippen LogP contribution in [0.2, 0.25) is 0 Å². The summed E-state index contributed by atoms with van der Waals surface area (Å²) in [5.74, 6) is -3.43. The highest BCUT2D eigenvalue weighted by atomic mass is 31.0. The molecule has 0 bridgehead atoms. The third-order valence-electron chi connectivity index (χ3n) is 10.1. The average molecular weight is 622 g/mol. The lowest BCUT2D eigenvalue weighted by molar-refractivity contribution is -0.127. The molecule has 1 unspecified atom stereocenters. The van der Waals surface area contributed by atoms with Crippen molar-refractivity contribution in [2.24, 2.45) is 17.6 Å². The fraction of sp³-hybridized carbons (Fsp3) is 0.455. The van der Waals surface area contributed by atoms with Crippen molar-refractivity contribution in [3.8, 4) is 17.1 Å². The number of benzene rings is 1. The molecule has 2 heterocycles. The summed E-state index contributed by atoms with van der Waals surface area (Å²) in [6.45, 7) is 6.17. The maximum Gasteiger partial charge on any atom is 0.252 e. The lowest BCUT2D eigenvalue weighted by Crippen LogP contribution is -2.66. The van der Waals surface area contributed by atoms with Crippen molar-refractivity contribution in [3.05, 3.63) is 69.7 Å². The Morgan fingerprint density at radius 3 is 2.48 bits per heavy atom. The van der Waals surface area contributed by atoms with Crippen LogP contribution in [0.25, 0.3) is 17.1 Å². The van der Waals surface area contributed by atoms with Crippen LogP contribution in [0.15, 0.2) is 57.2 Å². The number of ketones is 1. The van der Waals surface area contributed by atoms with Gasteiger partial charge in [-0.2, -0.15) is 0 Å². The van der Waals surface area contributed by atoms with Crippen LogP contribution in [-0.4, -0.2) is 86.4 Å². The average Bonchev–Trinajstić information content (AvgIpc) is 3.66. The largest absolute Gasteiger partial charge is 0.510 e. The van der Waals surface area contributed by atoms with Gasteiger partial charge < -0.3 is 30.6 Å². The van der Waals surface area contributed by atoms with Gasteiger partial charge in [-0.25, -0.2) is 0 Å². The molecular weight excluding hydrogens is 581 g/mol. The van der Waals surface area contributed by atoms with Crippen molar-refractivity contribution in [2.75, 3.05) is 27.2 Å². The Hall–Kier alpha value is -3.43. The van der Waals surface area contributed by atoms with E-state index in [0.29, 0.717) is 23.4 Å². The number of primary amides is 1. The number of nitrogens with two attached hydrogens (primary N) is 1. The number of carbonyl (C=O) groups excluding carboxylic acids is 2. The molecule has 1 saturated carbocycles. The van der Waals surface area contributed by atoms with Gasteiger partial charge in [0.25, 0.3) is 5.91 Å². The number of phenols is 1. The number of nitrogens with zero attached hydrogens (tertiary/aromatic N) is 2. The van der Waals surface area contributed by atoms with Crippen molar-refractivity contribution in [1.29, 1.82) is 0 Å². The molecule has 1 aromatic heterocycles. The van der Waals surface area contributed by atoms with Gasteiger partial charge in [-0.05, 0) is 82.2 Å². The van der Waals surface area contributed by atoms with Crippen LogP contribution >= 0.6 is 9.24 Å². The van der Waals surface area contributed by atoms with Crippen LogP contribution in [0, 0.1) is 11.8 Å². The molecule has 1 amide bonds. The molecule has 10 nitrogen and oxygen atoms in total. The second kappa shape index (κ2) is 10.9. The van der Waals surface area contributed by atoms with Crippen molar-refractivity contribution >= 4 is 26.7 Å². The lowest BCUT2D eigenvalue weighted by atomic mass is 9.54. The molecule has 234 valence electrons. The monoisotopic (exact) mass is 621 g/mol. The molecule has 1 aliphatic heterocycles. The molecular formula is C33H40N3O7P. The number of hydrogen-bond acceptors (Lipinski definition) is 9. The van der Waals surface area contributed by atoms with Crippen molar-refractivity contribution in [3.63, 3.8) is 0 Å². The van der Waals surface area contributed by atoms with E-state index < -0.39 is 52.5 Å². The molecule has 0 radical (unpaired) electrons. The molecule has 1 aromatic carbocycles. The smallest absolute Gasteiger partial charge is 0.252 e. The predicted octanol–water partition coefficient (Wildman–Crippen LogP) is 3.61. The molecule has 4 aliphatic rings.